The lowest BCUT2D eigenvalue weighted by atomic mass is 10.2. The van der Waals surface area contributed by atoms with Crippen molar-refractivity contribution in [3.05, 3.63) is 23.3 Å². The lowest BCUT2D eigenvalue weighted by Gasteiger charge is -2.01. The molecule has 3 nitrogen and oxygen atoms in total. The molecule has 0 aliphatic rings. The summed E-state index contributed by atoms with van der Waals surface area (Å²) >= 11 is 0. The third-order valence-corrected chi connectivity index (χ3v) is 1.65. The summed E-state index contributed by atoms with van der Waals surface area (Å²) in [6.45, 7) is 7.97. The molecule has 0 saturated carbocycles. The summed E-state index contributed by atoms with van der Waals surface area (Å²) in [4.78, 5) is 12.3. The number of aromatic nitrogens is 2. The van der Waals surface area contributed by atoms with Gasteiger partial charge in [0.25, 0.3) is 0 Å². The first-order chi connectivity index (χ1) is 6.77. The van der Waals surface area contributed by atoms with Crippen LogP contribution in [0.4, 0.5) is 0 Å². The van der Waals surface area contributed by atoms with Crippen LogP contribution in [0.2, 0.25) is 0 Å². The van der Waals surface area contributed by atoms with Crippen LogP contribution in [0.15, 0.2) is 11.2 Å². The second kappa shape index (κ2) is 7.18. The Morgan fingerprint density at radius 3 is 2.57 bits per heavy atom. The molecule has 0 fully saturated rings. The maximum absolute atomic E-state index is 4.27. The Morgan fingerprint density at radius 2 is 2.07 bits per heavy atom. The molecule has 78 valence electrons. The summed E-state index contributed by atoms with van der Waals surface area (Å²) in [5, 5.41) is 0. The first-order valence-electron chi connectivity index (χ1n) is 5.02. The third-order valence-electron chi connectivity index (χ3n) is 1.65. The molecule has 1 heterocycles. The van der Waals surface area contributed by atoms with Crippen molar-refractivity contribution in [1.29, 1.82) is 0 Å². The van der Waals surface area contributed by atoms with E-state index in [9.17, 15) is 0 Å². The Kier molecular flexibility index (Phi) is 6.54. The van der Waals surface area contributed by atoms with Gasteiger partial charge in [0.15, 0.2) is 0 Å². The fourth-order valence-electron chi connectivity index (χ4n) is 1.02. The van der Waals surface area contributed by atoms with Gasteiger partial charge in [-0.3, -0.25) is 4.99 Å². The summed E-state index contributed by atoms with van der Waals surface area (Å²) in [5.74, 6) is 0.794. The second-order valence-corrected chi connectivity index (χ2v) is 2.57. The molecule has 0 unspecified atom stereocenters. The molecule has 0 aromatic carbocycles. The average molecular weight is 193 g/mol. The van der Waals surface area contributed by atoms with Crippen molar-refractivity contribution >= 4 is 6.21 Å². The Labute approximate surface area is 86.3 Å². The summed E-state index contributed by atoms with van der Waals surface area (Å²) in [5.41, 5.74) is 2.08. The summed E-state index contributed by atoms with van der Waals surface area (Å²) in [6.07, 6.45) is 4.58. The lowest BCUT2D eigenvalue weighted by Crippen LogP contribution is -1.99. The normalized spacial score (nSPS) is 9.79. The fourth-order valence-corrected chi connectivity index (χ4v) is 1.02. The molecule has 0 aliphatic carbocycles. The number of rotatable bonds is 2. The molecule has 0 radical (unpaired) electrons. The van der Waals surface area contributed by atoms with Crippen LogP contribution in [-0.4, -0.2) is 23.2 Å². The molecule has 0 bridgehead atoms. The smallest absolute Gasteiger partial charge is 0.125 e. The van der Waals surface area contributed by atoms with Crippen LogP contribution < -0.4 is 0 Å². The van der Waals surface area contributed by atoms with Crippen LogP contribution in [-0.2, 0) is 6.42 Å². The van der Waals surface area contributed by atoms with E-state index in [-0.39, 0.29) is 0 Å². The van der Waals surface area contributed by atoms with E-state index in [2.05, 4.69) is 21.9 Å². The van der Waals surface area contributed by atoms with E-state index in [4.69, 9.17) is 0 Å². The third kappa shape index (κ3) is 3.64. The molecule has 0 aliphatic heterocycles. The zero-order chi connectivity index (χ0) is 11.0. The van der Waals surface area contributed by atoms with Crippen LogP contribution in [0.3, 0.4) is 0 Å². The molecule has 0 N–H and O–H groups in total. The van der Waals surface area contributed by atoms with Gasteiger partial charge in [0.1, 0.15) is 5.82 Å². The molecule has 14 heavy (non-hydrogen) atoms. The van der Waals surface area contributed by atoms with Gasteiger partial charge in [-0.15, -0.1) is 0 Å². The standard InChI is InChI=1S/C9H13N3.C2H6/c1-4-8-5-11-7(2)12-9(8)6-10-3;1-2/h5-6H,4H2,1-3H3;1-2H3. The van der Waals surface area contributed by atoms with Crippen molar-refractivity contribution in [2.24, 2.45) is 4.99 Å². The van der Waals surface area contributed by atoms with E-state index in [1.165, 1.54) is 0 Å². The molecular formula is C11H19N3. The van der Waals surface area contributed by atoms with Gasteiger partial charge >= 0.3 is 0 Å². The van der Waals surface area contributed by atoms with Crippen molar-refractivity contribution in [2.75, 3.05) is 7.05 Å². The Hall–Kier alpha value is -1.25. The van der Waals surface area contributed by atoms with Crippen LogP contribution in [0, 0.1) is 6.92 Å². The summed E-state index contributed by atoms with van der Waals surface area (Å²) in [6, 6.07) is 0. The predicted molar refractivity (Wildman–Crippen MR) is 61.0 cm³/mol. The quantitative estimate of drug-likeness (QED) is 0.676. The Morgan fingerprint density at radius 1 is 1.43 bits per heavy atom. The molecule has 1 rings (SSSR count). The van der Waals surface area contributed by atoms with Crippen molar-refractivity contribution in [1.82, 2.24) is 9.97 Å². The fraction of sp³-hybridized carbons (Fsp3) is 0.545. The van der Waals surface area contributed by atoms with Gasteiger partial charge in [-0.2, -0.15) is 0 Å². The first kappa shape index (κ1) is 12.8. The van der Waals surface area contributed by atoms with Crippen molar-refractivity contribution < 1.29 is 0 Å². The summed E-state index contributed by atoms with van der Waals surface area (Å²) < 4.78 is 0. The van der Waals surface area contributed by atoms with Gasteiger partial charge in [-0.1, -0.05) is 20.8 Å². The van der Waals surface area contributed by atoms with E-state index in [1.54, 1.807) is 13.3 Å². The van der Waals surface area contributed by atoms with Gasteiger partial charge in [-0.05, 0) is 18.9 Å². The van der Waals surface area contributed by atoms with Crippen molar-refractivity contribution in [3.63, 3.8) is 0 Å². The maximum atomic E-state index is 4.27. The van der Waals surface area contributed by atoms with E-state index in [0.29, 0.717) is 0 Å². The minimum Gasteiger partial charge on any atom is -0.294 e. The number of aryl methyl sites for hydroxylation is 2. The number of nitrogens with zero attached hydrogens (tertiary/aromatic N) is 3. The van der Waals surface area contributed by atoms with E-state index >= 15 is 0 Å². The second-order valence-electron chi connectivity index (χ2n) is 2.57. The minimum absolute atomic E-state index is 0.794. The molecule has 3 heteroatoms. The zero-order valence-corrected chi connectivity index (χ0v) is 9.70. The van der Waals surface area contributed by atoms with Crippen LogP contribution in [0.5, 0.6) is 0 Å². The van der Waals surface area contributed by atoms with E-state index in [0.717, 1.165) is 23.5 Å². The van der Waals surface area contributed by atoms with Gasteiger partial charge < -0.3 is 0 Å². The summed E-state index contributed by atoms with van der Waals surface area (Å²) in [7, 11) is 1.75. The largest absolute Gasteiger partial charge is 0.294 e. The monoisotopic (exact) mass is 193 g/mol. The van der Waals surface area contributed by atoms with Crippen molar-refractivity contribution in [3.8, 4) is 0 Å². The maximum Gasteiger partial charge on any atom is 0.125 e. The van der Waals surface area contributed by atoms with E-state index < -0.39 is 0 Å². The molecule has 0 amide bonds. The van der Waals surface area contributed by atoms with Gasteiger partial charge in [0.2, 0.25) is 0 Å². The highest BCUT2D eigenvalue weighted by Gasteiger charge is 1.99. The molecule has 0 spiro atoms. The van der Waals surface area contributed by atoms with Crippen LogP contribution >= 0.6 is 0 Å². The topological polar surface area (TPSA) is 38.1 Å². The highest BCUT2D eigenvalue weighted by Crippen LogP contribution is 2.03. The number of aliphatic imine (C=N–C) groups is 1. The van der Waals surface area contributed by atoms with Gasteiger partial charge in [0, 0.05) is 19.5 Å². The Bertz CT molecular complexity index is 293. The SMILES string of the molecule is CC.CCc1cnc(C)nc1C=NC. The zero-order valence-electron chi connectivity index (χ0n) is 9.70. The number of hydrogen-bond acceptors (Lipinski definition) is 3. The average Bonchev–Trinajstić information content (AvgIpc) is 2.22. The van der Waals surface area contributed by atoms with Crippen LogP contribution in [0.25, 0.3) is 0 Å². The number of hydrogen-bond donors (Lipinski definition) is 0. The van der Waals surface area contributed by atoms with Crippen molar-refractivity contribution in [2.45, 2.75) is 34.1 Å². The highest BCUT2D eigenvalue weighted by molar-refractivity contribution is 5.78. The molecule has 1 aromatic rings. The van der Waals surface area contributed by atoms with Crippen LogP contribution in [0.1, 0.15) is 37.9 Å². The molecule has 0 saturated heterocycles. The van der Waals surface area contributed by atoms with Gasteiger partial charge in [-0.25, -0.2) is 9.97 Å². The lowest BCUT2D eigenvalue weighted by molar-refractivity contribution is 0.980. The molecule has 1 aromatic heterocycles. The molecule has 0 atom stereocenters. The highest BCUT2D eigenvalue weighted by atomic mass is 14.9. The predicted octanol–water partition coefficient (Wildman–Crippen LogP) is 2.42. The minimum atomic E-state index is 0.794. The molecular weight excluding hydrogens is 174 g/mol. The first-order valence-corrected chi connectivity index (χ1v) is 5.02. The van der Waals surface area contributed by atoms with Gasteiger partial charge in [0.05, 0.1) is 5.69 Å². The Balaban J connectivity index is 0.000000791. The van der Waals surface area contributed by atoms with E-state index in [1.807, 2.05) is 27.0 Å².